The van der Waals surface area contributed by atoms with Crippen molar-refractivity contribution in [2.75, 3.05) is 5.43 Å². The molecule has 0 radical (unpaired) electrons. The number of hydrogen-bond donors (Lipinski definition) is 2. The first-order valence-corrected chi connectivity index (χ1v) is 6.71. The van der Waals surface area contributed by atoms with Crippen molar-refractivity contribution in [3.8, 4) is 10.7 Å². The van der Waals surface area contributed by atoms with Gasteiger partial charge in [-0.1, -0.05) is 6.07 Å². The van der Waals surface area contributed by atoms with Gasteiger partial charge in [0, 0.05) is 25.1 Å². The van der Waals surface area contributed by atoms with E-state index >= 15 is 0 Å². The maximum Gasteiger partial charge on any atom is 0.150 e. The van der Waals surface area contributed by atoms with Crippen molar-refractivity contribution in [3.63, 3.8) is 0 Å². The minimum absolute atomic E-state index is 0.662. The van der Waals surface area contributed by atoms with E-state index in [1.165, 1.54) is 0 Å². The zero-order chi connectivity index (χ0) is 13.1. The molecule has 0 aromatic carbocycles. The van der Waals surface area contributed by atoms with Crippen LogP contribution in [0.3, 0.4) is 0 Å². The molecule has 0 saturated carbocycles. The normalized spacial score (nSPS) is 10.6. The maximum atomic E-state index is 5.37. The molecule has 3 aromatic rings. The van der Waals surface area contributed by atoms with Gasteiger partial charge in [0.15, 0.2) is 0 Å². The largest absolute Gasteiger partial charge is 0.326 e. The highest BCUT2D eigenvalue weighted by atomic mass is 32.1. The number of nitrogens with two attached hydrogens (primary N) is 1. The Bertz CT molecular complexity index is 659. The van der Waals surface area contributed by atoms with Gasteiger partial charge in [0.05, 0.1) is 4.88 Å². The highest BCUT2D eigenvalue weighted by Crippen LogP contribution is 2.23. The maximum absolute atomic E-state index is 5.37. The third-order valence-electron chi connectivity index (χ3n) is 2.78. The number of imidazole rings is 1. The topological polar surface area (TPSA) is 68.8 Å². The minimum Gasteiger partial charge on any atom is -0.326 e. The van der Waals surface area contributed by atoms with Gasteiger partial charge in [-0.3, -0.25) is 0 Å². The molecule has 5 nitrogen and oxygen atoms in total. The van der Waals surface area contributed by atoms with E-state index in [0.717, 1.165) is 22.8 Å². The molecule has 0 aliphatic heterocycles. The number of thiophene rings is 1. The van der Waals surface area contributed by atoms with Crippen LogP contribution in [0.1, 0.15) is 5.56 Å². The summed E-state index contributed by atoms with van der Waals surface area (Å²) in [6.07, 6.45) is 5.54. The van der Waals surface area contributed by atoms with Crippen LogP contribution in [-0.4, -0.2) is 14.5 Å². The van der Waals surface area contributed by atoms with E-state index < -0.39 is 0 Å². The fourth-order valence-electron chi connectivity index (χ4n) is 1.92. The number of hydrogen-bond acceptors (Lipinski definition) is 5. The van der Waals surface area contributed by atoms with E-state index in [-0.39, 0.29) is 0 Å². The lowest BCUT2D eigenvalue weighted by atomic mass is 10.2. The van der Waals surface area contributed by atoms with Crippen LogP contribution in [0, 0.1) is 0 Å². The van der Waals surface area contributed by atoms with E-state index in [0.29, 0.717) is 5.82 Å². The fraction of sp³-hybridized carbons (Fsp3) is 0.0769. The highest BCUT2D eigenvalue weighted by Gasteiger charge is 2.07. The number of anilines is 1. The fourth-order valence-corrected chi connectivity index (χ4v) is 2.65. The molecule has 3 rings (SSSR count). The molecule has 0 spiro atoms. The Morgan fingerprint density at radius 2 is 2.21 bits per heavy atom. The SMILES string of the molecule is NNc1cc(Cn2ccnc2-c2cccs2)ccn1. The summed E-state index contributed by atoms with van der Waals surface area (Å²) in [6.45, 7) is 0.741. The van der Waals surface area contributed by atoms with Crippen LogP contribution in [-0.2, 0) is 6.54 Å². The van der Waals surface area contributed by atoms with Gasteiger partial charge in [0.25, 0.3) is 0 Å². The van der Waals surface area contributed by atoms with Crippen LogP contribution in [0.15, 0.2) is 48.2 Å². The summed E-state index contributed by atoms with van der Waals surface area (Å²) in [5.74, 6) is 7.01. The Morgan fingerprint density at radius 3 is 3.00 bits per heavy atom. The van der Waals surface area contributed by atoms with Crippen molar-refractivity contribution in [2.45, 2.75) is 6.54 Å². The van der Waals surface area contributed by atoms with Gasteiger partial charge in [0.2, 0.25) is 0 Å². The summed E-state index contributed by atoms with van der Waals surface area (Å²) < 4.78 is 2.11. The zero-order valence-electron chi connectivity index (χ0n) is 10.2. The average Bonchev–Trinajstić information content (AvgIpc) is 3.09. The summed E-state index contributed by atoms with van der Waals surface area (Å²) in [7, 11) is 0. The molecule has 0 bridgehead atoms. The number of hydrazine groups is 1. The second-order valence-corrected chi connectivity index (χ2v) is 5.00. The number of aromatic nitrogens is 3. The third kappa shape index (κ3) is 2.49. The molecule has 0 saturated heterocycles. The first kappa shape index (κ1) is 11.9. The first-order chi connectivity index (χ1) is 9.36. The Labute approximate surface area is 114 Å². The van der Waals surface area contributed by atoms with E-state index in [1.54, 1.807) is 17.5 Å². The molecule has 3 aromatic heterocycles. The van der Waals surface area contributed by atoms with Crippen LogP contribution in [0.25, 0.3) is 10.7 Å². The van der Waals surface area contributed by atoms with Gasteiger partial charge >= 0.3 is 0 Å². The lowest BCUT2D eigenvalue weighted by molar-refractivity contribution is 0.807. The van der Waals surface area contributed by atoms with Gasteiger partial charge in [-0.05, 0) is 29.1 Å². The summed E-state index contributed by atoms with van der Waals surface area (Å²) in [5.41, 5.74) is 3.68. The van der Waals surface area contributed by atoms with Gasteiger partial charge in [0.1, 0.15) is 11.6 Å². The van der Waals surface area contributed by atoms with Gasteiger partial charge in [-0.15, -0.1) is 11.3 Å². The van der Waals surface area contributed by atoms with Crippen LogP contribution < -0.4 is 11.3 Å². The van der Waals surface area contributed by atoms with E-state index in [9.17, 15) is 0 Å². The van der Waals surface area contributed by atoms with Crippen molar-refractivity contribution in [1.29, 1.82) is 0 Å². The monoisotopic (exact) mass is 271 g/mol. The molecule has 0 aliphatic rings. The predicted molar refractivity (Wildman–Crippen MR) is 76.7 cm³/mol. The van der Waals surface area contributed by atoms with Crippen molar-refractivity contribution in [1.82, 2.24) is 14.5 Å². The molecule has 0 fully saturated rings. The molecule has 3 heterocycles. The van der Waals surface area contributed by atoms with Crippen LogP contribution in [0.2, 0.25) is 0 Å². The molecule has 19 heavy (non-hydrogen) atoms. The van der Waals surface area contributed by atoms with Gasteiger partial charge < -0.3 is 9.99 Å². The number of rotatable bonds is 4. The van der Waals surface area contributed by atoms with Crippen molar-refractivity contribution in [3.05, 3.63) is 53.8 Å². The molecular formula is C13H13N5S. The van der Waals surface area contributed by atoms with Crippen molar-refractivity contribution >= 4 is 17.2 Å². The molecular weight excluding hydrogens is 258 g/mol. The Kier molecular flexibility index (Phi) is 3.26. The lowest BCUT2D eigenvalue weighted by Gasteiger charge is -2.07. The molecule has 0 amide bonds. The second-order valence-electron chi connectivity index (χ2n) is 4.05. The average molecular weight is 271 g/mol. The van der Waals surface area contributed by atoms with E-state index in [4.69, 9.17) is 5.84 Å². The smallest absolute Gasteiger partial charge is 0.150 e. The zero-order valence-corrected chi connectivity index (χ0v) is 11.0. The predicted octanol–water partition coefficient (Wildman–Crippen LogP) is 2.34. The Hall–Kier alpha value is -2.18. The number of pyridine rings is 1. The number of nitrogens with zero attached hydrogens (tertiary/aromatic N) is 3. The van der Waals surface area contributed by atoms with E-state index in [2.05, 4.69) is 31.4 Å². The van der Waals surface area contributed by atoms with Crippen LogP contribution in [0.5, 0.6) is 0 Å². The Balaban J connectivity index is 1.89. The standard InChI is InChI=1S/C13H13N5S/c14-17-12-8-10(3-4-15-12)9-18-6-5-16-13(18)11-2-1-7-19-11/h1-8H,9,14H2,(H,15,17). The van der Waals surface area contributed by atoms with Crippen molar-refractivity contribution in [2.24, 2.45) is 5.84 Å². The lowest BCUT2D eigenvalue weighted by Crippen LogP contribution is -2.09. The summed E-state index contributed by atoms with van der Waals surface area (Å²) in [6, 6.07) is 8.00. The molecule has 6 heteroatoms. The van der Waals surface area contributed by atoms with E-state index in [1.807, 2.05) is 30.6 Å². The third-order valence-corrected chi connectivity index (χ3v) is 3.65. The van der Waals surface area contributed by atoms with Crippen LogP contribution >= 0.6 is 11.3 Å². The molecule has 96 valence electrons. The summed E-state index contributed by atoms with van der Waals surface area (Å²) >= 11 is 1.69. The van der Waals surface area contributed by atoms with Gasteiger partial charge in [-0.25, -0.2) is 15.8 Å². The number of nitrogen functional groups attached to an aromatic ring is 1. The first-order valence-electron chi connectivity index (χ1n) is 5.83. The van der Waals surface area contributed by atoms with Gasteiger partial charge in [-0.2, -0.15) is 0 Å². The quantitative estimate of drug-likeness (QED) is 0.564. The Morgan fingerprint density at radius 1 is 1.26 bits per heavy atom. The van der Waals surface area contributed by atoms with Crippen molar-refractivity contribution < 1.29 is 0 Å². The second kappa shape index (κ2) is 5.21. The molecule has 0 aliphatic carbocycles. The minimum atomic E-state index is 0.662. The van der Waals surface area contributed by atoms with Crippen LogP contribution in [0.4, 0.5) is 5.82 Å². The summed E-state index contributed by atoms with van der Waals surface area (Å²) in [4.78, 5) is 9.68. The molecule has 0 unspecified atom stereocenters. The molecule has 3 N–H and O–H groups in total. The number of nitrogens with one attached hydrogen (secondary N) is 1. The highest BCUT2D eigenvalue weighted by molar-refractivity contribution is 7.13. The molecule has 0 atom stereocenters. The summed E-state index contributed by atoms with van der Waals surface area (Å²) in [5, 5.41) is 2.05.